The van der Waals surface area contributed by atoms with Crippen LogP contribution in [-0.2, 0) is 0 Å². The first-order valence-electron chi connectivity index (χ1n) is 6.61. The molecule has 3 rings (SSSR count). The fourth-order valence-electron chi connectivity index (χ4n) is 2.10. The fraction of sp³-hybridized carbons (Fsp3) is 0.133. The zero-order valence-electron chi connectivity index (χ0n) is 11.5. The Balaban J connectivity index is 2.16. The fourth-order valence-corrected chi connectivity index (χ4v) is 2.10. The highest BCUT2D eigenvalue weighted by atomic mass is 19.1. The smallest absolute Gasteiger partial charge is 0.222 e. The minimum absolute atomic E-state index is 0.204. The van der Waals surface area contributed by atoms with Crippen LogP contribution >= 0.6 is 0 Å². The van der Waals surface area contributed by atoms with Crippen LogP contribution < -0.4 is 11.1 Å². The summed E-state index contributed by atoms with van der Waals surface area (Å²) in [5.74, 6) is 0.530. The number of aromatic nitrogens is 3. The van der Waals surface area contributed by atoms with E-state index in [0.717, 1.165) is 11.3 Å². The molecule has 0 spiro atoms. The molecule has 0 amide bonds. The third-order valence-electron chi connectivity index (χ3n) is 3.04. The summed E-state index contributed by atoms with van der Waals surface area (Å²) in [5, 5.41) is 3.13. The number of fused-ring (bicyclic) bond motifs is 1. The van der Waals surface area contributed by atoms with Gasteiger partial charge in [0.2, 0.25) is 5.95 Å². The second-order valence-corrected chi connectivity index (χ2v) is 4.53. The number of nitrogen functional groups attached to an aromatic ring is 1. The average molecular weight is 283 g/mol. The van der Waals surface area contributed by atoms with E-state index < -0.39 is 0 Å². The van der Waals surface area contributed by atoms with Gasteiger partial charge in [-0.3, -0.25) is 0 Å². The predicted octanol–water partition coefficient (Wildman–Crippen LogP) is 2.84. The molecule has 2 aromatic heterocycles. The number of rotatable bonds is 3. The van der Waals surface area contributed by atoms with Crippen molar-refractivity contribution in [2.75, 3.05) is 17.6 Å². The molecule has 21 heavy (non-hydrogen) atoms. The lowest BCUT2D eigenvalue weighted by molar-refractivity contribution is 0.628. The molecule has 0 unspecified atom stereocenters. The Morgan fingerprint density at radius 3 is 2.52 bits per heavy atom. The molecule has 1 aromatic carbocycles. The number of nitrogens with zero attached hydrogens (tertiary/aromatic N) is 3. The minimum atomic E-state index is -0.274. The SMILES string of the molecule is CCNc1nc(N)nc2ccc(-c3ccc(F)cc3)nc12. The Morgan fingerprint density at radius 2 is 1.81 bits per heavy atom. The van der Waals surface area contributed by atoms with Crippen LogP contribution in [0.15, 0.2) is 36.4 Å². The van der Waals surface area contributed by atoms with Crippen LogP contribution in [0.25, 0.3) is 22.3 Å². The van der Waals surface area contributed by atoms with E-state index >= 15 is 0 Å². The van der Waals surface area contributed by atoms with Gasteiger partial charge in [0, 0.05) is 12.1 Å². The first kappa shape index (κ1) is 13.2. The van der Waals surface area contributed by atoms with Crippen molar-refractivity contribution in [3.63, 3.8) is 0 Å². The van der Waals surface area contributed by atoms with Crippen LogP contribution in [0, 0.1) is 5.82 Å². The molecule has 2 heterocycles. The molecule has 0 radical (unpaired) electrons. The van der Waals surface area contributed by atoms with Gasteiger partial charge in [-0.05, 0) is 43.3 Å². The summed E-state index contributed by atoms with van der Waals surface area (Å²) in [5.41, 5.74) is 8.57. The van der Waals surface area contributed by atoms with E-state index in [4.69, 9.17) is 5.73 Å². The van der Waals surface area contributed by atoms with Gasteiger partial charge in [0.05, 0.1) is 11.2 Å². The molecule has 0 saturated heterocycles. The first-order valence-corrected chi connectivity index (χ1v) is 6.61. The summed E-state index contributed by atoms with van der Waals surface area (Å²) in [6.45, 7) is 2.67. The zero-order chi connectivity index (χ0) is 14.8. The van der Waals surface area contributed by atoms with Crippen molar-refractivity contribution in [2.45, 2.75) is 6.92 Å². The molecule has 3 N–H and O–H groups in total. The Morgan fingerprint density at radius 1 is 1.05 bits per heavy atom. The van der Waals surface area contributed by atoms with Crippen LogP contribution in [0.1, 0.15) is 6.92 Å². The van der Waals surface area contributed by atoms with E-state index in [1.165, 1.54) is 12.1 Å². The van der Waals surface area contributed by atoms with Crippen molar-refractivity contribution in [1.82, 2.24) is 15.0 Å². The van der Waals surface area contributed by atoms with Gasteiger partial charge in [-0.25, -0.2) is 14.4 Å². The monoisotopic (exact) mass is 283 g/mol. The third-order valence-corrected chi connectivity index (χ3v) is 3.04. The predicted molar refractivity (Wildman–Crippen MR) is 81.3 cm³/mol. The zero-order valence-corrected chi connectivity index (χ0v) is 11.5. The van der Waals surface area contributed by atoms with Gasteiger partial charge in [0.25, 0.3) is 0 Å². The van der Waals surface area contributed by atoms with Crippen molar-refractivity contribution in [2.24, 2.45) is 0 Å². The summed E-state index contributed by atoms with van der Waals surface area (Å²) in [6, 6.07) is 9.86. The molecule has 0 aliphatic rings. The summed E-state index contributed by atoms with van der Waals surface area (Å²) in [4.78, 5) is 12.9. The number of nitrogens with one attached hydrogen (secondary N) is 1. The summed E-state index contributed by atoms with van der Waals surface area (Å²) < 4.78 is 13.0. The lowest BCUT2D eigenvalue weighted by Gasteiger charge is -2.08. The lowest BCUT2D eigenvalue weighted by atomic mass is 10.1. The Bertz CT molecular complexity index is 786. The molecule has 3 aromatic rings. The molecule has 0 saturated carbocycles. The van der Waals surface area contributed by atoms with Gasteiger partial charge in [-0.1, -0.05) is 0 Å². The van der Waals surface area contributed by atoms with Crippen LogP contribution in [0.3, 0.4) is 0 Å². The maximum Gasteiger partial charge on any atom is 0.222 e. The minimum Gasteiger partial charge on any atom is -0.368 e. The highest BCUT2D eigenvalue weighted by molar-refractivity contribution is 5.88. The van der Waals surface area contributed by atoms with Crippen molar-refractivity contribution in [3.05, 3.63) is 42.2 Å². The number of anilines is 2. The average Bonchev–Trinajstić information content (AvgIpc) is 2.48. The number of benzene rings is 1. The first-order chi connectivity index (χ1) is 10.2. The topological polar surface area (TPSA) is 76.7 Å². The molecule has 0 atom stereocenters. The van der Waals surface area contributed by atoms with E-state index in [0.29, 0.717) is 23.4 Å². The van der Waals surface area contributed by atoms with Crippen LogP contribution in [-0.4, -0.2) is 21.5 Å². The van der Waals surface area contributed by atoms with E-state index in [2.05, 4.69) is 20.3 Å². The number of nitrogens with two attached hydrogens (primary N) is 1. The molecule has 0 fully saturated rings. The Hall–Kier alpha value is -2.76. The quantitative estimate of drug-likeness (QED) is 0.773. The van der Waals surface area contributed by atoms with Crippen LogP contribution in [0.5, 0.6) is 0 Å². The summed E-state index contributed by atoms with van der Waals surface area (Å²) >= 11 is 0. The summed E-state index contributed by atoms with van der Waals surface area (Å²) in [6.07, 6.45) is 0. The van der Waals surface area contributed by atoms with Crippen molar-refractivity contribution in [1.29, 1.82) is 0 Å². The van der Waals surface area contributed by atoms with Crippen molar-refractivity contribution < 1.29 is 4.39 Å². The molecule has 0 aliphatic carbocycles. The van der Waals surface area contributed by atoms with E-state index in [-0.39, 0.29) is 11.8 Å². The molecule has 5 nitrogen and oxygen atoms in total. The van der Waals surface area contributed by atoms with Gasteiger partial charge < -0.3 is 11.1 Å². The molecule has 6 heteroatoms. The van der Waals surface area contributed by atoms with Crippen LogP contribution in [0.2, 0.25) is 0 Å². The third kappa shape index (κ3) is 2.60. The largest absolute Gasteiger partial charge is 0.368 e. The second kappa shape index (κ2) is 5.32. The number of pyridine rings is 1. The molecule has 106 valence electrons. The van der Waals surface area contributed by atoms with E-state index in [1.807, 2.05) is 19.1 Å². The maximum absolute atomic E-state index is 13.0. The van der Waals surface area contributed by atoms with E-state index in [1.54, 1.807) is 12.1 Å². The number of hydrogen-bond acceptors (Lipinski definition) is 5. The van der Waals surface area contributed by atoms with E-state index in [9.17, 15) is 4.39 Å². The molecule has 0 bridgehead atoms. The summed E-state index contributed by atoms with van der Waals surface area (Å²) in [7, 11) is 0. The molecular weight excluding hydrogens is 269 g/mol. The number of halogens is 1. The second-order valence-electron chi connectivity index (χ2n) is 4.53. The van der Waals surface area contributed by atoms with Gasteiger partial charge >= 0.3 is 0 Å². The van der Waals surface area contributed by atoms with Gasteiger partial charge in [0.1, 0.15) is 11.3 Å². The highest BCUT2D eigenvalue weighted by Crippen LogP contribution is 2.24. The van der Waals surface area contributed by atoms with Crippen LogP contribution in [0.4, 0.5) is 16.2 Å². The Kier molecular flexibility index (Phi) is 3.35. The normalized spacial score (nSPS) is 10.8. The lowest BCUT2D eigenvalue weighted by Crippen LogP contribution is -2.05. The maximum atomic E-state index is 13.0. The van der Waals surface area contributed by atoms with Gasteiger partial charge in [0.15, 0.2) is 5.82 Å². The van der Waals surface area contributed by atoms with Crippen molar-refractivity contribution in [3.8, 4) is 11.3 Å². The number of hydrogen-bond donors (Lipinski definition) is 2. The highest BCUT2D eigenvalue weighted by Gasteiger charge is 2.09. The standard InChI is InChI=1S/C15H14FN5/c1-2-18-14-13-12(20-15(17)21-14)8-7-11(19-13)9-3-5-10(16)6-4-9/h3-8H,2H2,1H3,(H3,17,18,20,21). The van der Waals surface area contributed by atoms with Gasteiger partial charge in [-0.2, -0.15) is 4.98 Å². The van der Waals surface area contributed by atoms with Gasteiger partial charge in [-0.15, -0.1) is 0 Å². The molecular formula is C15H14FN5. The molecule has 0 aliphatic heterocycles. The Labute approximate surface area is 121 Å². The van der Waals surface area contributed by atoms with Crippen molar-refractivity contribution >= 4 is 22.8 Å².